The molecule has 0 saturated heterocycles. The average molecular weight is 256 g/mol. The fraction of sp³-hybridized carbons (Fsp3) is 1.00. The van der Waals surface area contributed by atoms with Gasteiger partial charge in [0.1, 0.15) is 0 Å². The molecule has 0 radical (unpaired) electrons. The zero-order chi connectivity index (χ0) is 13.6. The fourth-order valence-corrected chi connectivity index (χ4v) is 2.36. The summed E-state index contributed by atoms with van der Waals surface area (Å²) in [6.07, 6.45) is 13.7. The lowest BCUT2D eigenvalue weighted by atomic mass is 10.0. The first kappa shape index (κ1) is 18.0. The Balaban J connectivity index is 3.49. The first-order chi connectivity index (χ1) is 8.70. The van der Waals surface area contributed by atoms with Crippen LogP contribution < -0.4 is 0 Å². The van der Waals surface area contributed by atoms with E-state index < -0.39 is 0 Å². The van der Waals surface area contributed by atoms with Gasteiger partial charge < -0.3 is 4.74 Å². The summed E-state index contributed by atoms with van der Waals surface area (Å²) in [5.74, 6) is 0.761. The normalized spacial score (nSPS) is 13.2. The van der Waals surface area contributed by atoms with Gasteiger partial charge in [-0.15, -0.1) is 0 Å². The van der Waals surface area contributed by atoms with Gasteiger partial charge in [0.15, 0.2) is 0 Å². The summed E-state index contributed by atoms with van der Waals surface area (Å²) in [6, 6.07) is 0. The maximum absolute atomic E-state index is 6.06. The second-order valence-corrected chi connectivity index (χ2v) is 6.03. The number of rotatable bonds is 13. The summed E-state index contributed by atoms with van der Waals surface area (Å²) < 4.78 is 6.06. The van der Waals surface area contributed by atoms with Crippen molar-refractivity contribution in [1.82, 2.24) is 0 Å². The summed E-state index contributed by atoms with van der Waals surface area (Å²) in [4.78, 5) is 0. The number of unbranched alkanes of at least 4 members (excludes halogenated alkanes) is 6. The molecule has 0 aliphatic rings. The van der Waals surface area contributed by atoms with E-state index in [1.54, 1.807) is 0 Å². The number of hydrogen-bond donors (Lipinski definition) is 0. The van der Waals surface area contributed by atoms with Crippen LogP contribution in [0.2, 0.25) is 0 Å². The van der Waals surface area contributed by atoms with Gasteiger partial charge in [-0.05, 0) is 25.2 Å². The lowest BCUT2D eigenvalue weighted by Gasteiger charge is -2.19. The van der Waals surface area contributed by atoms with Crippen LogP contribution in [0.15, 0.2) is 0 Å². The van der Waals surface area contributed by atoms with Crippen molar-refractivity contribution in [2.75, 3.05) is 6.61 Å². The molecule has 0 rings (SSSR count). The maximum Gasteiger partial charge on any atom is 0.0577 e. The Morgan fingerprint density at radius 1 is 0.778 bits per heavy atom. The van der Waals surface area contributed by atoms with Crippen LogP contribution >= 0.6 is 0 Å². The first-order valence-electron chi connectivity index (χ1n) is 8.32. The van der Waals surface area contributed by atoms with Crippen molar-refractivity contribution in [3.63, 3.8) is 0 Å². The molecule has 0 fully saturated rings. The second-order valence-electron chi connectivity index (χ2n) is 6.03. The molecule has 18 heavy (non-hydrogen) atoms. The average Bonchev–Trinajstić information content (AvgIpc) is 2.34. The van der Waals surface area contributed by atoms with E-state index in [2.05, 4.69) is 27.7 Å². The topological polar surface area (TPSA) is 9.23 Å². The lowest BCUT2D eigenvalue weighted by Crippen LogP contribution is -2.16. The summed E-state index contributed by atoms with van der Waals surface area (Å²) in [5, 5.41) is 0. The third-order valence-corrected chi connectivity index (χ3v) is 3.47. The van der Waals surface area contributed by atoms with Crippen LogP contribution in [-0.4, -0.2) is 12.7 Å². The van der Waals surface area contributed by atoms with E-state index in [1.165, 1.54) is 64.2 Å². The minimum absolute atomic E-state index is 0.514. The molecule has 0 spiro atoms. The Kier molecular flexibility index (Phi) is 13.4. The van der Waals surface area contributed by atoms with Crippen molar-refractivity contribution >= 4 is 0 Å². The van der Waals surface area contributed by atoms with E-state index in [4.69, 9.17) is 4.74 Å². The molecule has 0 aliphatic heterocycles. The molecule has 0 aromatic heterocycles. The molecule has 0 heterocycles. The van der Waals surface area contributed by atoms with Crippen molar-refractivity contribution in [2.24, 2.45) is 5.92 Å². The summed E-state index contributed by atoms with van der Waals surface area (Å²) in [7, 11) is 0. The molecule has 1 atom stereocenters. The van der Waals surface area contributed by atoms with Gasteiger partial charge in [-0.1, -0.05) is 72.6 Å². The molecule has 0 aliphatic carbocycles. The van der Waals surface area contributed by atoms with Crippen LogP contribution in [0, 0.1) is 5.92 Å². The lowest BCUT2D eigenvalue weighted by molar-refractivity contribution is 0.0299. The molecule has 0 N–H and O–H groups in total. The molecule has 0 saturated carbocycles. The molecule has 1 heteroatoms. The van der Waals surface area contributed by atoms with Gasteiger partial charge in [-0.2, -0.15) is 0 Å². The van der Waals surface area contributed by atoms with Crippen molar-refractivity contribution < 1.29 is 4.74 Å². The largest absolute Gasteiger partial charge is 0.378 e. The third-order valence-electron chi connectivity index (χ3n) is 3.47. The molecule has 0 bridgehead atoms. The zero-order valence-electron chi connectivity index (χ0n) is 13.3. The van der Waals surface area contributed by atoms with Gasteiger partial charge in [0.2, 0.25) is 0 Å². The van der Waals surface area contributed by atoms with Crippen molar-refractivity contribution in [1.29, 1.82) is 0 Å². The maximum atomic E-state index is 6.06. The smallest absolute Gasteiger partial charge is 0.0577 e. The number of ether oxygens (including phenoxy) is 1. The molecule has 110 valence electrons. The minimum Gasteiger partial charge on any atom is -0.378 e. The number of hydrogen-bond acceptors (Lipinski definition) is 1. The highest BCUT2D eigenvalue weighted by Gasteiger charge is 2.10. The van der Waals surface area contributed by atoms with E-state index in [1.807, 2.05) is 0 Å². The van der Waals surface area contributed by atoms with Crippen molar-refractivity contribution in [2.45, 2.75) is 98.0 Å². The third kappa shape index (κ3) is 12.4. The van der Waals surface area contributed by atoms with Crippen LogP contribution in [0.25, 0.3) is 0 Å². The molecule has 0 amide bonds. The summed E-state index contributed by atoms with van der Waals surface area (Å²) in [6.45, 7) is 10.1. The first-order valence-corrected chi connectivity index (χ1v) is 8.32. The van der Waals surface area contributed by atoms with Gasteiger partial charge >= 0.3 is 0 Å². The van der Waals surface area contributed by atoms with Gasteiger partial charge in [0.05, 0.1) is 6.10 Å². The standard InChI is InChI=1S/C17H36O/c1-5-7-9-10-11-12-14-18-17(13-8-6-2)15-16(3)4/h16-17H,5-15H2,1-4H3. The van der Waals surface area contributed by atoms with E-state index in [0.717, 1.165) is 12.5 Å². The summed E-state index contributed by atoms with van der Waals surface area (Å²) >= 11 is 0. The van der Waals surface area contributed by atoms with Crippen LogP contribution in [0.4, 0.5) is 0 Å². The SMILES string of the molecule is CCCCCCCCOC(CCCC)CC(C)C. The Labute approximate surface area is 116 Å². The molecular weight excluding hydrogens is 220 g/mol. The molecule has 1 nitrogen and oxygen atoms in total. The highest BCUT2D eigenvalue weighted by Crippen LogP contribution is 2.15. The Bertz CT molecular complexity index is 154. The van der Waals surface area contributed by atoms with Crippen LogP contribution in [0.1, 0.15) is 91.9 Å². The Hall–Kier alpha value is -0.0400. The Morgan fingerprint density at radius 3 is 2.00 bits per heavy atom. The molecule has 0 aromatic carbocycles. The van der Waals surface area contributed by atoms with Gasteiger partial charge in [0, 0.05) is 6.61 Å². The zero-order valence-corrected chi connectivity index (χ0v) is 13.3. The van der Waals surface area contributed by atoms with E-state index in [0.29, 0.717) is 6.10 Å². The fourth-order valence-electron chi connectivity index (χ4n) is 2.36. The quantitative estimate of drug-likeness (QED) is 0.369. The van der Waals surface area contributed by atoms with Crippen LogP contribution in [-0.2, 0) is 4.74 Å². The second kappa shape index (κ2) is 13.4. The Morgan fingerprint density at radius 2 is 1.39 bits per heavy atom. The van der Waals surface area contributed by atoms with E-state index >= 15 is 0 Å². The predicted octanol–water partition coefficient (Wildman–Crippen LogP) is 5.97. The van der Waals surface area contributed by atoms with Gasteiger partial charge in [0.25, 0.3) is 0 Å². The predicted molar refractivity (Wildman–Crippen MR) is 82.1 cm³/mol. The monoisotopic (exact) mass is 256 g/mol. The molecule has 0 aromatic rings. The molecule has 1 unspecified atom stereocenters. The van der Waals surface area contributed by atoms with Crippen LogP contribution in [0.3, 0.4) is 0 Å². The van der Waals surface area contributed by atoms with Crippen LogP contribution in [0.5, 0.6) is 0 Å². The molecular formula is C17H36O. The summed E-state index contributed by atoms with van der Waals surface area (Å²) in [5.41, 5.74) is 0. The van der Waals surface area contributed by atoms with Gasteiger partial charge in [-0.25, -0.2) is 0 Å². The van der Waals surface area contributed by atoms with E-state index in [9.17, 15) is 0 Å². The highest BCUT2D eigenvalue weighted by atomic mass is 16.5. The van der Waals surface area contributed by atoms with Crippen molar-refractivity contribution in [3.8, 4) is 0 Å². The van der Waals surface area contributed by atoms with Gasteiger partial charge in [-0.3, -0.25) is 0 Å². The van der Waals surface area contributed by atoms with E-state index in [-0.39, 0.29) is 0 Å². The highest BCUT2D eigenvalue weighted by molar-refractivity contribution is 4.61. The van der Waals surface area contributed by atoms with Crippen molar-refractivity contribution in [3.05, 3.63) is 0 Å². The minimum atomic E-state index is 0.514.